The van der Waals surface area contributed by atoms with Gasteiger partial charge in [-0.1, -0.05) is 0 Å². The molecule has 9 nitrogen and oxygen atoms in total. The zero-order chi connectivity index (χ0) is 19.8. The largest absolute Gasteiger partial charge is 0.495 e. The average Bonchev–Trinajstić information content (AvgIpc) is 2.60. The minimum atomic E-state index is -4.41. The third-order valence-corrected chi connectivity index (χ3v) is 5.36. The van der Waals surface area contributed by atoms with Crippen LogP contribution in [0, 0.1) is 15.9 Å². The summed E-state index contributed by atoms with van der Waals surface area (Å²) in [7, 11) is -3.14. The number of amides is 1. The Kier molecular flexibility index (Phi) is 4.70. The molecule has 1 heterocycles. The first-order valence-electron chi connectivity index (χ1n) is 7.69. The third-order valence-electron chi connectivity index (χ3n) is 3.98. The SMILES string of the molecule is COc1ccc([N+](=O)[O-])cc1NS(=O)(=O)c1cc2c(cc1F)NC(=O)CC2. The topological polar surface area (TPSA) is 128 Å². The predicted octanol–water partition coefficient (Wildman–Crippen LogP) is 2.43. The maximum atomic E-state index is 14.4. The standard InChI is InChI=1S/C16H14FN3O6S/c1-26-14-4-3-10(20(22)23)7-13(14)19-27(24,25)15-6-9-2-5-16(21)18-12(9)8-11(15)17/h3-4,6-8,19H,2,5H2,1H3,(H,18,21). The molecule has 0 unspecified atom stereocenters. The first-order valence-corrected chi connectivity index (χ1v) is 9.17. The number of carbonyl (C=O) groups excluding carboxylic acids is 1. The van der Waals surface area contributed by atoms with E-state index in [0.717, 1.165) is 24.3 Å². The Morgan fingerprint density at radius 3 is 2.67 bits per heavy atom. The third kappa shape index (κ3) is 3.67. The van der Waals surface area contributed by atoms with Gasteiger partial charge in [0.2, 0.25) is 5.91 Å². The van der Waals surface area contributed by atoms with E-state index in [1.165, 1.54) is 13.2 Å². The van der Waals surface area contributed by atoms with Gasteiger partial charge in [-0.25, -0.2) is 12.8 Å². The molecule has 3 rings (SSSR count). The summed E-state index contributed by atoms with van der Waals surface area (Å²) in [6.07, 6.45) is 0.425. The highest BCUT2D eigenvalue weighted by Gasteiger charge is 2.26. The lowest BCUT2D eigenvalue weighted by Gasteiger charge is -2.19. The highest BCUT2D eigenvalue weighted by molar-refractivity contribution is 7.92. The number of nitro groups is 1. The van der Waals surface area contributed by atoms with Gasteiger partial charge in [0.15, 0.2) is 0 Å². The number of sulfonamides is 1. The van der Waals surface area contributed by atoms with Crippen LogP contribution in [-0.2, 0) is 21.2 Å². The number of nitro benzene ring substituents is 1. The second kappa shape index (κ2) is 6.83. The molecular weight excluding hydrogens is 381 g/mol. The van der Waals surface area contributed by atoms with E-state index in [2.05, 4.69) is 10.0 Å². The summed E-state index contributed by atoms with van der Waals surface area (Å²) in [5, 5.41) is 13.4. The number of nitrogens with zero attached hydrogens (tertiary/aromatic N) is 1. The molecule has 0 radical (unpaired) electrons. The minimum absolute atomic E-state index is 0.0369. The van der Waals surface area contributed by atoms with Crippen LogP contribution in [0.5, 0.6) is 5.75 Å². The maximum absolute atomic E-state index is 14.4. The second-order valence-corrected chi connectivity index (χ2v) is 7.39. The number of halogens is 1. The van der Waals surface area contributed by atoms with Gasteiger partial charge >= 0.3 is 0 Å². The van der Waals surface area contributed by atoms with Crippen LogP contribution in [0.3, 0.4) is 0 Å². The summed E-state index contributed by atoms with van der Waals surface area (Å²) >= 11 is 0. The van der Waals surface area contributed by atoms with E-state index in [0.29, 0.717) is 5.56 Å². The maximum Gasteiger partial charge on any atom is 0.271 e. The summed E-state index contributed by atoms with van der Waals surface area (Å²) in [6, 6.07) is 5.43. The van der Waals surface area contributed by atoms with Gasteiger partial charge in [0.1, 0.15) is 16.5 Å². The zero-order valence-corrected chi connectivity index (χ0v) is 14.8. The van der Waals surface area contributed by atoms with E-state index in [9.17, 15) is 27.7 Å². The fraction of sp³-hybridized carbons (Fsp3) is 0.188. The zero-order valence-electron chi connectivity index (χ0n) is 14.0. The number of ether oxygens (including phenoxy) is 1. The molecule has 142 valence electrons. The summed E-state index contributed by atoms with van der Waals surface area (Å²) in [4.78, 5) is 21.0. The van der Waals surface area contributed by atoms with Crippen molar-refractivity contribution in [1.29, 1.82) is 0 Å². The fourth-order valence-corrected chi connectivity index (χ4v) is 3.85. The number of methoxy groups -OCH3 is 1. The molecular formula is C16H14FN3O6S. The van der Waals surface area contributed by atoms with Crippen LogP contribution >= 0.6 is 0 Å². The molecule has 2 aromatic rings. The molecule has 0 aromatic heterocycles. The van der Waals surface area contributed by atoms with Crippen molar-refractivity contribution < 1.29 is 27.3 Å². The Balaban J connectivity index is 2.02. The van der Waals surface area contributed by atoms with Crippen LogP contribution in [0.15, 0.2) is 35.2 Å². The molecule has 0 saturated heterocycles. The first kappa shape index (κ1) is 18.6. The van der Waals surface area contributed by atoms with Gasteiger partial charge in [0.05, 0.1) is 17.7 Å². The molecule has 0 spiro atoms. The lowest BCUT2D eigenvalue weighted by atomic mass is 10.0. The molecule has 1 aliphatic heterocycles. The van der Waals surface area contributed by atoms with Crippen LogP contribution < -0.4 is 14.8 Å². The summed E-state index contributed by atoms with van der Waals surface area (Å²) in [5.74, 6) is -1.31. The number of non-ortho nitro benzene ring substituents is 1. The molecule has 11 heteroatoms. The number of carbonyl (C=O) groups is 1. The molecule has 1 amide bonds. The van der Waals surface area contributed by atoms with Crippen molar-refractivity contribution in [2.24, 2.45) is 0 Å². The van der Waals surface area contributed by atoms with Crippen LogP contribution in [0.2, 0.25) is 0 Å². The van der Waals surface area contributed by atoms with Crippen LogP contribution in [-0.4, -0.2) is 26.4 Å². The van der Waals surface area contributed by atoms with Crippen LogP contribution in [0.25, 0.3) is 0 Å². The second-order valence-electron chi connectivity index (χ2n) is 5.74. The molecule has 0 saturated carbocycles. The van der Waals surface area contributed by atoms with Gasteiger partial charge in [-0.3, -0.25) is 19.6 Å². The Labute approximate surface area is 153 Å². The number of anilines is 2. The summed E-state index contributed by atoms with van der Waals surface area (Å²) in [6.45, 7) is 0. The molecule has 0 atom stereocenters. The van der Waals surface area contributed by atoms with Crippen molar-refractivity contribution in [3.63, 3.8) is 0 Å². The number of benzene rings is 2. The van der Waals surface area contributed by atoms with Crippen LogP contribution in [0.1, 0.15) is 12.0 Å². The molecule has 1 aliphatic rings. The van der Waals surface area contributed by atoms with Crippen molar-refractivity contribution >= 4 is 33.0 Å². The number of nitrogens with one attached hydrogen (secondary N) is 2. The summed E-state index contributed by atoms with van der Waals surface area (Å²) < 4.78 is 46.8. The van der Waals surface area contributed by atoms with E-state index in [1.54, 1.807) is 0 Å². The van der Waals surface area contributed by atoms with Gasteiger partial charge in [-0.05, 0) is 30.2 Å². The highest BCUT2D eigenvalue weighted by Crippen LogP contribution is 2.33. The Morgan fingerprint density at radius 1 is 1.26 bits per heavy atom. The monoisotopic (exact) mass is 395 g/mol. The highest BCUT2D eigenvalue weighted by atomic mass is 32.2. The molecule has 2 aromatic carbocycles. The Hall–Kier alpha value is -3.21. The molecule has 0 bridgehead atoms. The number of fused-ring (bicyclic) bond motifs is 1. The average molecular weight is 395 g/mol. The Bertz CT molecular complexity index is 1050. The van der Waals surface area contributed by atoms with Crippen molar-refractivity contribution in [1.82, 2.24) is 0 Å². The number of rotatable bonds is 5. The van der Waals surface area contributed by atoms with Crippen molar-refractivity contribution in [2.75, 3.05) is 17.1 Å². The fourth-order valence-electron chi connectivity index (χ4n) is 2.67. The number of hydrogen-bond donors (Lipinski definition) is 2. The van der Waals surface area contributed by atoms with Gasteiger partial charge in [-0.15, -0.1) is 0 Å². The number of hydrogen-bond acceptors (Lipinski definition) is 6. The van der Waals surface area contributed by atoms with Crippen molar-refractivity contribution in [3.8, 4) is 5.75 Å². The van der Waals surface area contributed by atoms with E-state index in [-0.39, 0.29) is 41.6 Å². The van der Waals surface area contributed by atoms with E-state index < -0.39 is 25.7 Å². The van der Waals surface area contributed by atoms with Gasteiger partial charge in [0.25, 0.3) is 15.7 Å². The Morgan fingerprint density at radius 2 is 2.00 bits per heavy atom. The first-order chi connectivity index (χ1) is 12.7. The van der Waals surface area contributed by atoms with Crippen molar-refractivity contribution in [3.05, 3.63) is 51.8 Å². The quantitative estimate of drug-likeness (QED) is 0.591. The lowest BCUT2D eigenvalue weighted by molar-refractivity contribution is -0.384. The minimum Gasteiger partial charge on any atom is -0.495 e. The smallest absolute Gasteiger partial charge is 0.271 e. The molecule has 2 N–H and O–H groups in total. The number of aryl methyl sites for hydroxylation is 1. The van der Waals surface area contributed by atoms with E-state index in [4.69, 9.17) is 4.74 Å². The van der Waals surface area contributed by atoms with Crippen LogP contribution in [0.4, 0.5) is 21.5 Å². The van der Waals surface area contributed by atoms with Crippen molar-refractivity contribution in [2.45, 2.75) is 17.7 Å². The lowest BCUT2D eigenvalue weighted by Crippen LogP contribution is -2.21. The molecule has 27 heavy (non-hydrogen) atoms. The summed E-state index contributed by atoms with van der Waals surface area (Å²) in [5.41, 5.74) is 0.136. The van der Waals surface area contributed by atoms with Gasteiger partial charge < -0.3 is 10.1 Å². The molecule has 0 aliphatic carbocycles. The van der Waals surface area contributed by atoms with E-state index >= 15 is 0 Å². The predicted molar refractivity (Wildman–Crippen MR) is 93.8 cm³/mol. The van der Waals surface area contributed by atoms with Gasteiger partial charge in [0, 0.05) is 24.2 Å². The molecule has 0 fully saturated rings. The van der Waals surface area contributed by atoms with E-state index in [1.807, 2.05) is 0 Å². The van der Waals surface area contributed by atoms with Gasteiger partial charge in [-0.2, -0.15) is 0 Å². The normalized spacial score (nSPS) is 13.5.